The second-order valence-corrected chi connectivity index (χ2v) is 5.27. The Hall–Kier alpha value is -1.34. The minimum Gasteiger partial charge on any atom is -0.444 e. The Kier molecular flexibility index (Phi) is 4.60. The summed E-state index contributed by atoms with van der Waals surface area (Å²) >= 11 is 3.16. The van der Waals surface area contributed by atoms with Crippen LogP contribution in [-0.4, -0.2) is 42.4 Å². The highest BCUT2D eigenvalue weighted by molar-refractivity contribution is 9.10. The summed E-state index contributed by atoms with van der Waals surface area (Å²) < 4.78 is 5.74. The lowest BCUT2D eigenvalue weighted by atomic mass is 10.0. The number of carbonyl (C=O) groups is 2. The van der Waals surface area contributed by atoms with Crippen LogP contribution in [0.25, 0.3) is 0 Å². The van der Waals surface area contributed by atoms with E-state index in [0.717, 1.165) is 25.9 Å². The lowest BCUT2D eigenvalue weighted by Crippen LogP contribution is -2.49. The molecule has 0 aromatic carbocycles. The SMILES string of the molecule is NC(=O)CN(C(=O)c1ccc(Br)o1)C1CCNCC1. The fourth-order valence-corrected chi connectivity index (χ4v) is 2.53. The maximum Gasteiger partial charge on any atom is 0.290 e. The van der Waals surface area contributed by atoms with E-state index in [1.165, 1.54) is 4.90 Å². The zero-order valence-corrected chi connectivity index (χ0v) is 12.0. The Bertz CT molecular complexity index is 469. The third kappa shape index (κ3) is 3.57. The highest BCUT2D eigenvalue weighted by Gasteiger charge is 2.29. The molecule has 0 unspecified atom stereocenters. The summed E-state index contributed by atoms with van der Waals surface area (Å²) in [7, 11) is 0. The predicted molar refractivity (Wildman–Crippen MR) is 72.5 cm³/mol. The lowest BCUT2D eigenvalue weighted by Gasteiger charge is -2.33. The summed E-state index contributed by atoms with van der Waals surface area (Å²) in [6.07, 6.45) is 1.61. The van der Waals surface area contributed by atoms with Gasteiger partial charge >= 0.3 is 0 Å². The topological polar surface area (TPSA) is 88.6 Å². The van der Waals surface area contributed by atoms with E-state index in [2.05, 4.69) is 21.2 Å². The number of furan rings is 1. The Morgan fingerprint density at radius 1 is 1.42 bits per heavy atom. The maximum absolute atomic E-state index is 12.4. The fourth-order valence-electron chi connectivity index (χ4n) is 2.22. The first kappa shape index (κ1) is 14.1. The molecule has 1 aliphatic heterocycles. The fraction of sp³-hybridized carbons (Fsp3) is 0.500. The first-order valence-electron chi connectivity index (χ1n) is 6.13. The molecule has 0 bridgehead atoms. The molecular formula is C12H16BrN3O3. The number of nitrogens with one attached hydrogen (secondary N) is 1. The number of amides is 2. The summed E-state index contributed by atoms with van der Waals surface area (Å²) in [6, 6.07) is 3.25. The summed E-state index contributed by atoms with van der Waals surface area (Å²) in [5.41, 5.74) is 5.23. The molecule has 7 heteroatoms. The number of hydrogen-bond donors (Lipinski definition) is 2. The van der Waals surface area contributed by atoms with Gasteiger partial charge in [0, 0.05) is 6.04 Å². The molecule has 6 nitrogen and oxygen atoms in total. The molecule has 1 saturated heterocycles. The van der Waals surface area contributed by atoms with Crippen molar-refractivity contribution in [3.8, 4) is 0 Å². The van der Waals surface area contributed by atoms with Gasteiger partial charge in [0.15, 0.2) is 10.4 Å². The van der Waals surface area contributed by atoms with Crippen LogP contribution in [0.3, 0.4) is 0 Å². The quantitative estimate of drug-likeness (QED) is 0.851. The van der Waals surface area contributed by atoms with Crippen molar-refractivity contribution < 1.29 is 14.0 Å². The van der Waals surface area contributed by atoms with Crippen molar-refractivity contribution in [2.24, 2.45) is 5.73 Å². The lowest BCUT2D eigenvalue weighted by molar-refractivity contribution is -0.119. The number of nitrogens with two attached hydrogens (primary N) is 1. The zero-order valence-electron chi connectivity index (χ0n) is 10.4. The number of hydrogen-bond acceptors (Lipinski definition) is 4. The molecular weight excluding hydrogens is 314 g/mol. The molecule has 0 spiro atoms. The molecule has 2 heterocycles. The third-order valence-corrected chi connectivity index (χ3v) is 3.55. The average Bonchev–Trinajstić information content (AvgIpc) is 2.83. The third-order valence-electron chi connectivity index (χ3n) is 3.12. The number of primary amides is 1. The van der Waals surface area contributed by atoms with Crippen molar-refractivity contribution in [3.05, 3.63) is 22.6 Å². The van der Waals surface area contributed by atoms with Crippen molar-refractivity contribution >= 4 is 27.7 Å². The molecule has 2 amide bonds. The summed E-state index contributed by atoms with van der Waals surface area (Å²) in [6.45, 7) is 1.58. The van der Waals surface area contributed by atoms with Gasteiger partial charge in [-0.15, -0.1) is 0 Å². The highest BCUT2D eigenvalue weighted by Crippen LogP contribution is 2.19. The van der Waals surface area contributed by atoms with E-state index in [-0.39, 0.29) is 24.3 Å². The summed E-state index contributed by atoms with van der Waals surface area (Å²) in [4.78, 5) is 25.1. The maximum atomic E-state index is 12.4. The number of halogens is 1. The van der Waals surface area contributed by atoms with Gasteiger partial charge in [-0.25, -0.2) is 0 Å². The van der Waals surface area contributed by atoms with E-state index in [9.17, 15) is 9.59 Å². The Morgan fingerprint density at radius 3 is 2.63 bits per heavy atom. The largest absolute Gasteiger partial charge is 0.444 e. The molecule has 0 atom stereocenters. The minimum absolute atomic E-state index is 0.0186. The van der Waals surface area contributed by atoms with Crippen molar-refractivity contribution in [1.29, 1.82) is 0 Å². The van der Waals surface area contributed by atoms with Crippen LogP contribution >= 0.6 is 15.9 Å². The van der Waals surface area contributed by atoms with E-state index in [0.29, 0.717) is 4.67 Å². The number of piperidine rings is 1. The van der Waals surface area contributed by atoms with Gasteiger partial charge in [0.2, 0.25) is 5.91 Å². The van der Waals surface area contributed by atoms with Gasteiger partial charge in [-0.3, -0.25) is 9.59 Å². The van der Waals surface area contributed by atoms with Crippen LogP contribution in [0.2, 0.25) is 0 Å². The molecule has 0 saturated carbocycles. The van der Waals surface area contributed by atoms with Gasteiger partial charge in [-0.05, 0) is 54.0 Å². The van der Waals surface area contributed by atoms with Gasteiger partial charge in [0.25, 0.3) is 5.91 Å². The van der Waals surface area contributed by atoms with Gasteiger partial charge < -0.3 is 20.4 Å². The van der Waals surface area contributed by atoms with E-state index in [1.807, 2.05) is 0 Å². The van der Waals surface area contributed by atoms with E-state index in [4.69, 9.17) is 10.2 Å². The van der Waals surface area contributed by atoms with Crippen LogP contribution in [0.15, 0.2) is 21.2 Å². The minimum atomic E-state index is -0.516. The van der Waals surface area contributed by atoms with Gasteiger partial charge in [0.1, 0.15) is 6.54 Å². The highest BCUT2D eigenvalue weighted by atomic mass is 79.9. The molecule has 0 radical (unpaired) electrons. The molecule has 1 aromatic rings. The monoisotopic (exact) mass is 329 g/mol. The first-order chi connectivity index (χ1) is 9.08. The van der Waals surface area contributed by atoms with Crippen LogP contribution in [0.1, 0.15) is 23.4 Å². The smallest absolute Gasteiger partial charge is 0.290 e. The molecule has 19 heavy (non-hydrogen) atoms. The summed E-state index contributed by atoms with van der Waals surface area (Å²) in [5, 5.41) is 3.22. The van der Waals surface area contributed by atoms with Crippen LogP contribution in [0, 0.1) is 0 Å². The second-order valence-electron chi connectivity index (χ2n) is 4.48. The van der Waals surface area contributed by atoms with Gasteiger partial charge in [-0.1, -0.05) is 0 Å². The number of rotatable bonds is 4. The van der Waals surface area contributed by atoms with Crippen LogP contribution in [0.5, 0.6) is 0 Å². The molecule has 104 valence electrons. The van der Waals surface area contributed by atoms with Crippen LogP contribution < -0.4 is 11.1 Å². The van der Waals surface area contributed by atoms with E-state index in [1.54, 1.807) is 12.1 Å². The molecule has 1 aliphatic rings. The van der Waals surface area contributed by atoms with Gasteiger partial charge in [-0.2, -0.15) is 0 Å². The van der Waals surface area contributed by atoms with Crippen molar-refractivity contribution in [2.75, 3.05) is 19.6 Å². The Labute approximate surface area is 119 Å². The number of carbonyl (C=O) groups excluding carboxylic acids is 2. The molecule has 0 aliphatic carbocycles. The standard InChI is InChI=1S/C12H16BrN3O3/c13-10-2-1-9(19-10)12(18)16(7-11(14)17)8-3-5-15-6-4-8/h1-2,8,15H,3-7H2,(H2,14,17). The Balaban J connectivity index is 2.16. The normalized spacial score (nSPS) is 16.3. The second kappa shape index (κ2) is 6.21. The molecule has 1 fully saturated rings. The average molecular weight is 330 g/mol. The summed E-state index contributed by atoms with van der Waals surface area (Å²) in [5.74, 6) is -0.597. The van der Waals surface area contributed by atoms with E-state index >= 15 is 0 Å². The van der Waals surface area contributed by atoms with Gasteiger partial charge in [0.05, 0.1) is 0 Å². The predicted octanol–water partition coefficient (Wildman–Crippen LogP) is 0.722. The molecule has 3 N–H and O–H groups in total. The van der Waals surface area contributed by atoms with Crippen LogP contribution in [-0.2, 0) is 4.79 Å². The zero-order chi connectivity index (χ0) is 13.8. The molecule has 1 aromatic heterocycles. The van der Waals surface area contributed by atoms with Crippen molar-refractivity contribution in [1.82, 2.24) is 10.2 Å². The van der Waals surface area contributed by atoms with Crippen LogP contribution in [0.4, 0.5) is 0 Å². The van der Waals surface area contributed by atoms with E-state index < -0.39 is 5.91 Å². The molecule has 2 rings (SSSR count). The Morgan fingerprint density at radius 2 is 2.11 bits per heavy atom. The van der Waals surface area contributed by atoms with Crippen molar-refractivity contribution in [2.45, 2.75) is 18.9 Å². The first-order valence-corrected chi connectivity index (χ1v) is 6.92. The van der Waals surface area contributed by atoms with Crippen molar-refractivity contribution in [3.63, 3.8) is 0 Å². The number of nitrogens with zero attached hydrogens (tertiary/aromatic N) is 1.